The summed E-state index contributed by atoms with van der Waals surface area (Å²) in [4.78, 5) is 8.22. The van der Waals surface area contributed by atoms with Crippen molar-refractivity contribution in [3.05, 3.63) is 17.3 Å². The summed E-state index contributed by atoms with van der Waals surface area (Å²) in [7, 11) is 2.17. The summed E-state index contributed by atoms with van der Waals surface area (Å²) >= 11 is 1.70. The zero-order chi connectivity index (χ0) is 12.7. The van der Waals surface area contributed by atoms with E-state index < -0.39 is 0 Å². The monoisotopic (exact) mass is 264 g/mol. The van der Waals surface area contributed by atoms with Crippen LogP contribution >= 0.6 is 11.3 Å². The number of fused-ring (bicyclic) bond motifs is 1. The predicted molar refractivity (Wildman–Crippen MR) is 76.5 cm³/mol. The van der Waals surface area contributed by atoms with E-state index in [2.05, 4.69) is 47.1 Å². The Balaban J connectivity index is 1.94. The minimum atomic E-state index is 0.494. The van der Waals surface area contributed by atoms with E-state index in [1.165, 1.54) is 18.5 Å². The van der Waals surface area contributed by atoms with Crippen molar-refractivity contribution in [1.29, 1.82) is 0 Å². The highest BCUT2D eigenvalue weighted by Crippen LogP contribution is 2.33. The topological polar surface area (TPSA) is 32.6 Å². The van der Waals surface area contributed by atoms with Crippen LogP contribution in [-0.4, -0.2) is 28.5 Å². The van der Waals surface area contributed by atoms with Crippen LogP contribution < -0.4 is 10.2 Å². The second-order valence-corrected chi connectivity index (χ2v) is 6.19. The van der Waals surface area contributed by atoms with Crippen LogP contribution in [0, 0.1) is 0 Å². The van der Waals surface area contributed by atoms with E-state index in [4.69, 9.17) is 4.98 Å². The maximum absolute atomic E-state index is 4.78. The van der Waals surface area contributed by atoms with Crippen LogP contribution in [0.2, 0.25) is 0 Å². The first-order chi connectivity index (χ1) is 8.66. The van der Waals surface area contributed by atoms with Crippen LogP contribution in [0.3, 0.4) is 0 Å². The molecule has 18 heavy (non-hydrogen) atoms. The molecule has 2 heterocycles. The van der Waals surface area contributed by atoms with Crippen LogP contribution in [0.15, 0.2) is 11.6 Å². The van der Waals surface area contributed by atoms with Crippen molar-refractivity contribution in [3.8, 4) is 0 Å². The number of nitrogens with zero attached hydrogens (tertiary/aromatic N) is 3. The highest BCUT2D eigenvalue weighted by Gasteiger charge is 2.30. The van der Waals surface area contributed by atoms with Crippen molar-refractivity contribution in [2.24, 2.45) is 0 Å². The molecule has 98 valence electrons. The fraction of sp³-hybridized carbons (Fsp3) is 0.615. The Bertz CT molecular complexity index is 538. The molecule has 0 spiro atoms. The molecule has 0 aromatic carbocycles. The molecule has 0 aliphatic heterocycles. The van der Waals surface area contributed by atoms with E-state index in [0.717, 1.165) is 17.3 Å². The molecule has 3 rings (SSSR count). The third-order valence-electron chi connectivity index (χ3n) is 3.45. The highest BCUT2D eigenvalue weighted by atomic mass is 32.1. The molecule has 1 aliphatic carbocycles. The quantitative estimate of drug-likeness (QED) is 0.900. The molecule has 5 heteroatoms. The highest BCUT2D eigenvalue weighted by molar-refractivity contribution is 7.15. The number of rotatable bonds is 5. The molecule has 2 aromatic rings. The number of hydrogen-bond acceptors (Lipinski definition) is 4. The number of nitrogens with one attached hydrogen (secondary N) is 1. The van der Waals surface area contributed by atoms with Crippen LogP contribution in [0.25, 0.3) is 4.96 Å². The van der Waals surface area contributed by atoms with Crippen LogP contribution in [0.5, 0.6) is 0 Å². The summed E-state index contributed by atoms with van der Waals surface area (Å²) in [5, 5.41) is 5.60. The zero-order valence-electron chi connectivity index (χ0n) is 11.2. The molecule has 0 atom stereocenters. The molecule has 1 N–H and O–H groups in total. The second kappa shape index (κ2) is 4.55. The molecule has 1 saturated carbocycles. The van der Waals surface area contributed by atoms with E-state index in [0.29, 0.717) is 12.1 Å². The Morgan fingerprint density at radius 3 is 3.00 bits per heavy atom. The normalized spacial score (nSPS) is 15.8. The van der Waals surface area contributed by atoms with E-state index >= 15 is 0 Å². The van der Waals surface area contributed by atoms with Gasteiger partial charge in [0.2, 0.25) is 0 Å². The summed E-state index contributed by atoms with van der Waals surface area (Å²) in [6, 6.07) is 1.20. The minimum absolute atomic E-state index is 0.494. The lowest BCUT2D eigenvalue weighted by Crippen LogP contribution is -2.26. The van der Waals surface area contributed by atoms with Gasteiger partial charge in [0.15, 0.2) is 10.8 Å². The molecule has 1 fully saturated rings. The molecule has 0 saturated heterocycles. The summed E-state index contributed by atoms with van der Waals surface area (Å²) in [5.41, 5.74) is 1.29. The fourth-order valence-electron chi connectivity index (χ4n) is 2.20. The maximum Gasteiger partial charge on any atom is 0.195 e. The Morgan fingerprint density at radius 2 is 2.33 bits per heavy atom. The van der Waals surface area contributed by atoms with Crippen molar-refractivity contribution >= 4 is 22.1 Å². The summed E-state index contributed by atoms with van der Waals surface area (Å²) in [6.45, 7) is 5.23. The maximum atomic E-state index is 4.78. The summed E-state index contributed by atoms with van der Waals surface area (Å²) in [6.07, 6.45) is 4.73. The molecule has 0 radical (unpaired) electrons. The van der Waals surface area contributed by atoms with Gasteiger partial charge < -0.3 is 10.2 Å². The van der Waals surface area contributed by atoms with Crippen LogP contribution in [0.1, 0.15) is 32.4 Å². The number of imidazole rings is 1. The molecule has 4 nitrogen and oxygen atoms in total. The summed E-state index contributed by atoms with van der Waals surface area (Å²) < 4.78 is 2.22. The van der Waals surface area contributed by atoms with Crippen LogP contribution in [0.4, 0.5) is 5.82 Å². The lowest BCUT2D eigenvalue weighted by molar-refractivity contribution is 0.579. The Kier molecular flexibility index (Phi) is 3.03. The van der Waals surface area contributed by atoms with Crippen molar-refractivity contribution in [3.63, 3.8) is 0 Å². The van der Waals surface area contributed by atoms with E-state index in [1.807, 2.05) is 0 Å². The molecular formula is C13H20N4S. The van der Waals surface area contributed by atoms with Gasteiger partial charge in [-0.05, 0) is 12.8 Å². The lowest BCUT2D eigenvalue weighted by Gasteiger charge is -2.18. The number of aromatic nitrogens is 2. The number of thiazole rings is 1. The minimum Gasteiger partial charge on any atom is -0.355 e. The van der Waals surface area contributed by atoms with Crippen molar-refractivity contribution < 1.29 is 0 Å². The van der Waals surface area contributed by atoms with E-state index in [1.54, 1.807) is 11.3 Å². The Hall–Kier alpha value is -1.07. The lowest BCUT2D eigenvalue weighted by atomic mass is 10.3. The van der Waals surface area contributed by atoms with Gasteiger partial charge in [-0.1, -0.05) is 13.8 Å². The van der Waals surface area contributed by atoms with Crippen molar-refractivity contribution in [1.82, 2.24) is 14.7 Å². The number of hydrogen-bond donors (Lipinski definition) is 1. The average Bonchev–Trinajstić information content (AvgIpc) is 2.97. The fourth-order valence-corrected chi connectivity index (χ4v) is 2.93. The standard InChI is InChI=1S/C13H20N4S/c1-9(2)14-8-11-12(16(3)10-4-5-10)15-13-17(11)6-7-18-13/h6-7,9-10,14H,4-5,8H2,1-3H3. The van der Waals surface area contributed by atoms with Crippen molar-refractivity contribution in [2.45, 2.75) is 45.3 Å². The predicted octanol–water partition coefficient (Wildman–Crippen LogP) is 2.49. The average molecular weight is 264 g/mol. The SMILES string of the molecule is CC(C)NCc1c(N(C)C2CC2)nc2sccn12. The first-order valence-electron chi connectivity index (χ1n) is 6.57. The van der Waals surface area contributed by atoms with Gasteiger partial charge in [-0.2, -0.15) is 0 Å². The molecule has 0 bridgehead atoms. The van der Waals surface area contributed by atoms with Crippen molar-refractivity contribution in [2.75, 3.05) is 11.9 Å². The van der Waals surface area contributed by atoms with Gasteiger partial charge in [0.1, 0.15) is 0 Å². The molecule has 0 amide bonds. The van der Waals surface area contributed by atoms with Gasteiger partial charge in [0.05, 0.1) is 5.69 Å². The zero-order valence-corrected chi connectivity index (χ0v) is 12.0. The largest absolute Gasteiger partial charge is 0.355 e. The molecule has 2 aromatic heterocycles. The third kappa shape index (κ3) is 2.12. The Labute approximate surface area is 112 Å². The second-order valence-electron chi connectivity index (χ2n) is 5.32. The number of anilines is 1. The Morgan fingerprint density at radius 1 is 1.56 bits per heavy atom. The van der Waals surface area contributed by atoms with E-state index in [-0.39, 0.29) is 0 Å². The first-order valence-corrected chi connectivity index (χ1v) is 7.45. The van der Waals surface area contributed by atoms with Gasteiger partial charge in [-0.25, -0.2) is 4.98 Å². The van der Waals surface area contributed by atoms with Gasteiger partial charge >= 0.3 is 0 Å². The van der Waals surface area contributed by atoms with Gasteiger partial charge in [0.25, 0.3) is 0 Å². The smallest absolute Gasteiger partial charge is 0.195 e. The van der Waals surface area contributed by atoms with E-state index in [9.17, 15) is 0 Å². The third-order valence-corrected chi connectivity index (χ3v) is 4.20. The first kappa shape index (κ1) is 12.0. The van der Waals surface area contributed by atoms with Gasteiger partial charge in [-0.15, -0.1) is 11.3 Å². The van der Waals surface area contributed by atoms with Crippen LogP contribution in [-0.2, 0) is 6.54 Å². The molecule has 0 unspecified atom stereocenters. The summed E-state index contributed by atoms with van der Waals surface area (Å²) in [5.74, 6) is 1.15. The molecule has 1 aliphatic rings. The molecular weight excluding hydrogens is 244 g/mol. The van der Waals surface area contributed by atoms with Gasteiger partial charge in [0, 0.05) is 37.3 Å². The van der Waals surface area contributed by atoms with Gasteiger partial charge in [-0.3, -0.25) is 4.40 Å².